The summed E-state index contributed by atoms with van der Waals surface area (Å²) in [5.74, 6) is 0. The average Bonchev–Trinajstić information content (AvgIpc) is 2.38. The maximum atomic E-state index is 11.5. The zero-order valence-corrected chi connectivity index (χ0v) is 11.5. The molecule has 1 aromatic carbocycles. The van der Waals surface area contributed by atoms with Crippen molar-refractivity contribution in [3.8, 4) is 0 Å². The zero-order chi connectivity index (χ0) is 12.7. The minimum atomic E-state index is -1.27. The molecule has 0 amide bonds. The van der Waals surface area contributed by atoms with Crippen LogP contribution in [-0.4, -0.2) is 18.7 Å². The fourth-order valence-corrected chi connectivity index (χ4v) is 2.40. The van der Waals surface area contributed by atoms with Crippen molar-refractivity contribution in [1.29, 1.82) is 0 Å². The summed E-state index contributed by atoms with van der Waals surface area (Å²) in [5.41, 5.74) is 0.342. The van der Waals surface area contributed by atoms with Gasteiger partial charge in [-0.3, -0.25) is 0 Å². The van der Waals surface area contributed by atoms with Gasteiger partial charge in [-0.25, -0.2) is 0 Å². The van der Waals surface area contributed by atoms with Gasteiger partial charge in [-0.2, -0.15) is 0 Å². The summed E-state index contributed by atoms with van der Waals surface area (Å²) in [6.07, 6.45) is 0. The molecule has 1 rings (SSSR count). The lowest BCUT2D eigenvalue weighted by Gasteiger charge is -2.30. The van der Waals surface area contributed by atoms with E-state index in [0.29, 0.717) is 18.8 Å². The number of hydrogen-bond donors (Lipinski definition) is 0. The Bertz CT molecular complexity index is 370. The molecule has 1 atom stereocenters. The van der Waals surface area contributed by atoms with Crippen LogP contribution in [0.2, 0.25) is 0 Å². The molecule has 0 saturated heterocycles. The maximum absolute atomic E-state index is 11.5. The molecule has 0 aliphatic carbocycles. The molecule has 0 aromatic heterocycles. The molecule has 0 N–H and O–H groups in total. The van der Waals surface area contributed by atoms with Crippen molar-refractivity contribution < 1.29 is 14.0 Å². The van der Waals surface area contributed by atoms with Gasteiger partial charge in [-0.1, -0.05) is 36.9 Å². The minimum Gasteiger partial charge on any atom is -0.341 e. The highest BCUT2D eigenvalue weighted by Gasteiger charge is 2.34. The first-order valence-corrected chi connectivity index (χ1v) is 6.74. The number of ether oxygens (including phenoxy) is 2. The third kappa shape index (κ3) is 3.29. The Kier molecular flexibility index (Phi) is 5.63. The van der Waals surface area contributed by atoms with Crippen molar-refractivity contribution in [2.75, 3.05) is 13.2 Å². The Balaban J connectivity index is 3.05. The van der Waals surface area contributed by atoms with Crippen molar-refractivity contribution in [3.05, 3.63) is 42.5 Å². The van der Waals surface area contributed by atoms with Gasteiger partial charge in [-0.15, -0.1) is 0 Å². The van der Waals surface area contributed by atoms with Crippen molar-refractivity contribution in [2.45, 2.75) is 19.4 Å². The summed E-state index contributed by atoms with van der Waals surface area (Å²) in [7, 11) is -1.27. The minimum absolute atomic E-state index is 0.432. The van der Waals surface area contributed by atoms with Crippen LogP contribution in [0.5, 0.6) is 0 Å². The fourth-order valence-electron chi connectivity index (χ4n) is 1.62. The summed E-state index contributed by atoms with van der Waals surface area (Å²) < 4.78 is 22.6. The summed E-state index contributed by atoms with van der Waals surface area (Å²) in [4.78, 5) is 0. The Labute approximate surface area is 104 Å². The normalized spacial score (nSPS) is 12.1. The zero-order valence-electron chi connectivity index (χ0n) is 10.3. The van der Waals surface area contributed by atoms with Gasteiger partial charge in [0, 0.05) is 18.8 Å². The van der Waals surface area contributed by atoms with E-state index in [1.54, 1.807) is 0 Å². The Morgan fingerprint density at radius 1 is 1.24 bits per heavy atom. The quantitative estimate of drug-likeness (QED) is 0.553. The first-order chi connectivity index (χ1) is 8.20. The molecule has 0 radical (unpaired) electrons. The van der Waals surface area contributed by atoms with Gasteiger partial charge in [0.05, 0.1) is 0 Å². The van der Waals surface area contributed by atoms with E-state index in [-0.39, 0.29) is 0 Å². The molecule has 3 nitrogen and oxygen atoms in total. The molecule has 94 valence electrons. The molecule has 1 aromatic rings. The van der Waals surface area contributed by atoms with Crippen LogP contribution in [0, 0.1) is 0 Å². The molecular weight excluding hydrogens is 235 g/mol. The Morgan fingerprint density at radius 3 is 2.18 bits per heavy atom. The highest BCUT2D eigenvalue weighted by molar-refractivity contribution is 7.26. The van der Waals surface area contributed by atoms with Crippen molar-refractivity contribution >= 4 is 14.0 Å². The van der Waals surface area contributed by atoms with Crippen molar-refractivity contribution in [2.24, 2.45) is 0 Å². The maximum Gasteiger partial charge on any atom is 0.243 e. The monoisotopic (exact) mass is 254 g/mol. The van der Waals surface area contributed by atoms with E-state index in [1.807, 2.05) is 44.2 Å². The second-order valence-electron chi connectivity index (χ2n) is 3.50. The van der Waals surface area contributed by atoms with Gasteiger partial charge < -0.3 is 14.0 Å². The molecule has 0 aliphatic rings. The van der Waals surface area contributed by atoms with Gasteiger partial charge in [0.15, 0.2) is 0 Å². The van der Waals surface area contributed by atoms with Gasteiger partial charge in [0.25, 0.3) is 0 Å². The summed E-state index contributed by atoms with van der Waals surface area (Å²) >= 11 is 0. The van der Waals surface area contributed by atoms with E-state index in [4.69, 9.17) is 9.47 Å². The van der Waals surface area contributed by atoms with Crippen LogP contribution < -0.4 is 0 Å². The molecule has 0 saturated carbocycles. The van der Waals surface area contributed by atoms with Crippen LogP contribution in [0.3, 0.4) is 0 Å². The smallest absolute Gasteiger partial charge is 0.243 e. The number of benzene rings is 1. The Hall–Kier alpha value is -0.890. The first kappa shape index (κ1) is 14.2. The summed E-state index contributed by atoms with van der Waals surface area (Å²) in [5, 5.41) is 0. The van der Waals surface area contributed by atoms with Crippen LogP contribution in [-0.2, 0) is 14.0 Å². The molecule has 0 spiro atoms. The lowest BCUT2D eigenvalue weighted by atomic mass is 10.1. The highest BCUT2D eigenvalue weighted by atomic mass is 31.1. The molecule has 0 heterocycles. The molecule has 0 bridgehead atoms. The molecule has 0 fully saturated rings. The predicted octanol–water partition coefficient (Wildman–Crippen LogP) is 3.18. The molecule has 4 heteroatoms. The van der Waals surface area contributed by atoms with E-state index < -0.39 is 14.0 Å². The van der Waals surface area contributed by atoms with Gasteiger partial charge >= 0.3 is 0 Å². The van der Waals surface area contributed by atoms with Crippen LogP contribution >= 0.6 is 8.46 Å². The van der Waals surface area contributed by atoms with Gasteiger partial charge in [0.1, 0.15) is 8.46 Å². The second-order valence-corrected chi connectivity index (χ2v) is 4.49. The van der Waals surface area contributed by atoms with Crippen molar-refractivity contribution in [3.63, 3.8) is 0 Å². The standard InChI is InChI=1S/C13H19O3P/c1-4-15-13(17-14,16-5-2)11(3)12-9-7-6-8-10-12/h6-10H,3-5,17H2,1-2H3. The first-order valence-electron chi connectivity index (χ1n) is 5.69. The molecule has 0 aliphatic heterocycles. The summed E-state index contributed by atoms with van der Waals surface area (Å²) in [6.45, 7) is 8.54. The topological polar surface area (TPSA) is 35.5 Å². The van der Waals surface area contributed by atoms with Crippen molar-refractivity contribution in [1.82, 2.24) is 0 Å². The van der Waals surface area contributed by atoms with Gasteiger partial charge in [-0.05, 0) is 19.4 Å². The summed E-state index contributed by atoms with van der Waals surface area (Å²) in [6, 6.07) is 9.55. The van der Waals surface area contributed by atoms with Gasteiger partial charge in [0.2, 0.25) is 5.53 Å². The third-order valence-electron chi connectivity index (χ3n) is 2.42. The van der Waals surface area contributed by atoms with Crippen LogP contribution in [0.4, 0.5) is 0 Å². The second kappa shape index (κ2) is 6.75. The molecule has 1 unspecified atom stereocenters. The van der Waals surface area contributed by atoms with E-state index >= 15 is 0 Å². The molecular formula is C13H19O3P. The third-order valence-corrected chi connectivity index (χ3v) is 3.41. The molecule has 17 heavy (non-hydrogen) atoms. The van der Waals surface area contributed by atoms with Crippen LogP contribution in [0.25, 0.3) is 5.57 Å². The van der Waals surface area contributed by atoms with Crippen LogP contribution in [0.1, 0.15) is 19.4 Å². The number of hydrogen-bond acceptors (Lipinski definition) is 3. The van der Waals surface area contributed by atoms with E-state index in [1.165, 1.54) is 0 Å². The van der Waals surface area contributed by atoms with Crippen LogP contribution in [0.15, 0.2) is 36.9 Å². The van der Waals surface area contributed by atoms with E-state index in [0.717, 1.165) is 5.56 Å². The fraction of sp³-hybridized carbons (Fsp3) is 0.385. The average molecular weight is 254 g/mol. The number of rotatable bonds is 7. The van der Waals surface area contributed by atoms with E-state index in [9.17, 15) is 4.57 Å². The lowest BCUT2D eigenvalue weighted by Crippen LogP contribution is -2.31. The SMILES string of the molecule is C=C(c1ccccc1)C(OCC)(OCC)[PH2]=O. The lowest BCUT2D eigenvalue weighted by molar-refractivity contribution is -0.128. The Morgan fingerprint density at radius 2 is 1.76 bits per heavy atom. The van der Waals surface area contributed by atoms with E-state index in [2.05, 4.69) is 6.58 Å². The highest BCUT2D eigenvalue weighted by Crippen LogP contribution is 2.39. The largest absolute Gasteiger partial charge is 0.341 e. The predicted molar refractivity (Wildman–Crippen MR) is 71.9 cm³/mol.